The summed E-state index contributed by atoms with van der Waals surface area (Å²) in [5.41, 5.74) is 0.906. The molecule has 110 valence electrons. The Balaban J connectivity index is 2.51. The summed E-state index contributed by atoms with van der Waals surface area (Å²) in [6.07, 6.45) is -0.545. The molecule has 5 nitrogen and oxygen atoms in total. The van der Waals surface area contributed by atoms with Gasteiger partial charge >= 0.3 is 12.1 Å². The quantitative estimate of drug-likeness (QED) is 0.833. The molecule has 0 bridgehead atoms. The van der Waals surface area contributed by atoms with Gasteiger partial charge in [-0.15, -0.1) is 0 Å². The van der Waals surface area contributed by atoms with Gasteiger partial charge in [0.1, 0.15) is 6.61 Å². The molecule has 0 aliphatic rings. The van der Waals surface area contributed by atoms with E-state index in [-0.39, 0.29) is 25.5 Å². The average Bonchev–Trinajstić information content (AvgIpc) is 2.41. The molecule has 1 aromatic carbocycles. The number of hydrogen-bond acceptors (Lipinski definition) is 3. The van der Waals surface area contributed by atoms with E-state index in [1.807, 2.05) is 44.2 Å². The van der Waals surface area contributed by atoms with Crippen LogP contribution in [0.1, 0.15) is 25.8 Å². The normalized spacial score (nSPS) is 10.3. The molecule has 0 aromatic heterocycles. The van der Waals surface area contributed by atoms with Crippen molar-refractivity contribution < 1.29 is 19.4 Å². The lowest BCUT2D eigenvalue weighted by atomic mass is 10.2. The van der Waals surface area contributed by atoms with Crippen molar-refractivity contribution in [1.82, 2.24) is 4.90 Å². The van der Waals surface area contributed by atoms with Crippen LogP contribution < -0.4 is 0 Å². The third-order valence-corrected chi connectivity index (χ3v) is 2.64. The van der Waals surface area contributed by atoms with Gasteiger partial charge in [0.15, 0.2) is 0 Å². The molecular weight excluding hydrogens is 258 g/mol. The fourth-order valence-electron chi connectivity index (χ4n) is 1.74. The van der Waals surface area contributed by atoms with Gasteiger partial charge < -0.3 is 14.7 Å². The van der Waals surface area contributed by atoms with E-state index >= 15 is 0 Å². The Kier molecular flexibility index (Phi) is 6.56. The molecule has 0 atom stereocenters. The lowest BCUT2D eigenvalue weighted by molar-refractivity contribution is -0.137. The summed E-state index contributed by atoms with van der Waals surface area (Å²) in [5, 5.41) is 8.71. The molecule has 0 aliphatic carbocycles. The van der Waals surface area contributed by atoms with Crippen LogP contribution in [-0.2, 0) is 16.1 Å². The Hall–Kier alpha value is -2.04. The molecule has 0 radical (unpaired) electrons. The van der Waals surface area contributed by atoms with Crippen molar-refractivity contribution in [3.05, 3.63) is 35.9 Å². The molecule has 0 aliphatic heterocycles. The monoisotopic (exact) mass is 279 g/mol. The highest BCUT2D eigenvalue weighted by Gasteiger charge is 2.17. The Morgan fingerprint density at radius 3 is 2.45 bits per heavy atom. The van der Waals surface area contributed by atoms with Gasteiger partial charge in [0.05, 0.1) is 6.42 Å². The van der Waals surface area contributed by atoms with Crippen LogP contribution >= 0.6 is 0 Å². The molecule has 0 saturated heterocycles. The Bertz CT molecular complexity index is 431. The molecule has 0 heterocycles. The number of carboxylic acids is 1. The second-order valence-corrected chi connectivity index (χ2v) is 5.02. The van der Waals surface area contributed by atoms with Crippen LogP contribution in [0.5, 0.6) is 0 Å². The summed E-state index contributed by atoms with van der Waals surface area (Å²) in [4.78, 5) is 24.0. The van der Waals surface area contributed by atoms with Gasteiger partial charge in [0.2, 0.25) is 0 Å². The first-order valence-corrected chi connectivity index (χ1v) is 6.66. The Morgan fingerprint density at radius 1 is 1.25 bits per heavy atom. The smallest absolute Gasteiger partial charge is 0.410 e. The minimum Gasteiger partial charge on any atom is -0.481 e. The molecule has 1 rings (SSSR count). The molecule has 1 amide bonds. The van der Waals surface area contributed by atoms with Crippen LogP contribution in [0.15, 0.2) is 30.3 Å². The van der Waals surface area contributed by atoms with Crippen molar-refractivity contribution in [3.63, 3.8) is 0 Å². The van der Waals surface area contributed by atoms with Crippen LogP contribution in [-0.4, -0.2) is 35.2 Å². The van der Waals surface area contributed by atoms with Gasteiger partial charge in [-0.2, -0.15) is 0 Å². The number of carbonyl (C=O) groups is 2. The number of rotatable bonds is 7. The van der Waals surface area contributed by atoms with Gasteiger partial charge in [0, 0.05) is 13.1 Å². The molecule has 5 heteroatoms. The number of carbonyl (C=O) groups excluding carboxylic acids is 1. The van der Waals surface area contributed by atoms with E-state index in [0.717, 1.165) is 5.56 Å². The molecule has 0 saturated carbocycles. The van der Waals surface area contributed by atoms with Crippen molar-refractivity contribution >= 4 is 12.1 Å². The SMILES string of the molecule is CC(C)CN(CCC(=O)O)C(=O)OCc1ccccc1. The second-order valence-electron chi connectivity index (χ2n) is 5.02. The predicted molar refractivity (Wildman–Crippen MR) is 75.3 cm³/mol. The lowest BCUT2D eigenvalue weighted by Gasteiger charge is -2.23. The summed E-state index contributed by atoms with van der Waals surface area (Å²) >= 11 is 0. The predicted octanol–water partition coefficient (Wildman–Crippen LogP) is 2.76. The van der Waals surface area contributed by atoms with Gasteiger partial charge in [-0.1, -0.05) is 44.2 Å². The first-order valence-electron chi connectivity index (χ1n) is 6.66. The fraction of sp³-hybridized carbons (Fsp3) is 0.467. The maximum absolute atomic E-state index is 12.0. The molecule has 1 aromatic rings. The number of nitrogens with zero attached hydrogens (tertiary/aromatic N) is 1. The number of carboxylic acid groups (broad SMARTS) is 1. The van der Waals surface area contributed by atoms with Crippen molar-refractivity contribution in [2.75, 3.05) is 13.1 Å². The maximum Gasteiger partial charge on any atom is 0.410 e. The van der Waals surface area contributed by atoms with E-state index in [1.54, 1.807) is 0 Å². The first-order chi connectivity index (χ1) is 9.49. The van der Waals surface area contributed by atoms with Crippen LogP contribution in [0, 0.1) is 5.92 Å². The molecule has 0 fully saturated rings. The molecule has 20 heavy (non-hydrogen) atoms. The zero-order valence-electron chi connectivity index (χ0n) is 11.9. The molecule has 0 unspecified atom stereocenters. The summed E-state index contributed by atoms with van der Waals surface area (Å²) in [5.74, 6) is -0.664. The Morgan fingerprint density at radius 2 is 1.90 bits per heavy atom. The van der Waals surface area contributed by atoms with E-state index in [4.69, 9.17) is 9.84 Å². The van der Waals surface area contributed by atoms with Crippen LogP contribution in [0.25, 0.3) is 0 Å². The van der Waals surface area contributed by atoms with E-state index in [0.29, 0.717) is 6.54 Å². The number of amides is 1. The third kappa shape index (κ3) is 6.22. The largest absolute Gasteiger partial charge is 0.481 e. The van der Waals surface area contributed by atoms with Gasteiger partial charge in [-0.05, 0) is 11.5 Å². The van der Waals surface area contributed by atoms with Crippen LogP contribution in [0.4, 0.5) is 4.79 Å². The summed E-state index contributed by atoms with van der Waals surface area (Å²) in [7, 11) is 0. The summed E-state index contributed by atoms with van der Waals surface area (Å²) < 4.78 is 5.22. The minimum atomic E-state index is -0.922. The second kappa shape index (κ2) is 8.19. The number of ether oxygens (including phenoxy) is 1. The van der Waals surface area contributed by atoms with Gasteiger partial charge in [-0.25, -0.2) is 4.79 Å². The van der Waals surface area contributed by atoms with E-state index in [2.05, 4.69) is 0 Å². The third-order valence-electron chi connectivity index (χ3n) is 2.64. The van der Waals surface area contributed by atoms with E-state index in [1.165, 1.54) is 4.90 Å². The number of aliphatic carboxylic acids is 1. The fourth-order valence-corrected chi connectivity index (χ4v) is 1.74. The van der Waals surface area contributed by atoms with Gasteiger partial charge in [0.25, 0.3) is 0 Å². The zero-order valence-corrected chi connectivity index (χ0v) is 11.9. The summed E-state index contributed by atoms with van der Waals surface area (Å²) in [6, 6.07) is 9.39. The lowest BCUT2D eigenvalue weighted by Crippen LogP contribution is -2.36. The molecule has 0 spiro atoms. The zero-order chi connectivity index (χ0) is 15.0. The van der Waals surface area contributed by atoms with Crippen molar-refractivity contribution in [2.45, 2.75) is 26.9 Å². The van der Waals surface area contributed by atoms with E-state index in [9.17, 15) is 9.59 Å². The maximum atomic E-state index is 12.0. The van der Waals surface area contributed by atoms with Gasteiger partial charge in [-0.3, -0.25) is 4.79 Å². The van der Waals surface area contributed by atoms with Crippen molar-refractivity contribution in [1.29, 1.82) is 0 Å². The highest BCUT2D eigenvalue weighted by molar-refractivity contribution is 5.70. The highest BCUT2D eigenvalue weighted by Crippen LogP contribution is 2.06. The highest BCUT2D eigenvalue weighted by atomic mass is 16.6. The topological polar surface area (TPSA) is 66.8 Å². The minimum absolute atomic E-state index is 0.0762. The number of benzene rings is 1. The van der Waals surface area contributed by atoms with E-state index < -0.39 is 12.1 Å². The summed E-state index contributed by atoms with van der Waals surface area (Å²) in [6.45, 7) is 4.79. The number of hydrogen-bond donors (Lipinski definition) is 1. The first kappa shape index (κ1) is 16.0. The average molecular weight is 279 g/mol. The van der Waals surface area contributed by atoms with Crippen LogP contribution in [0.2, 0.25) is 0 Å². The van der Waals surface area contributed by atoms with Crippen molar-refractivity contribution in [3.8, 4) is 0 Å². The molecule has 1 N–H and O–H groups in total. The van der Waals surface area contributed by atoms with Crippen molar-refractivity contribution in [2.24, 2.45) is 5.92 Å². The Labute approximate surface area is 119 Å². The standard InChI is InChI=1S/C15H21NO4/c1-12(2)10-16(9-8-14(17)18)15(19)20-11-13-6-4-3-5-7-13/h3-7,12H,8-11H2,1-2H3,(H,17,18). The van der Waals surface area contributed by atoms with Crippen LogP contribution in [0.3, 0.4) is 0 Å². The molecular formula is C15H21NO4.